The molecule has 2 aromatic rings. The average molecular weight is 228 g/mol. The molecule has 0 aliphatic rings. The van der Waals surface area contributed by atoms with Crippen molar-refractivity contribution in [1.82, 2.24) is 14.8 Å². The van der Waals surface area contributed by atoms with Crippen molar-refractivity contribution in [2.45, 2.75) is 13.5 Å². The second-order valence-electron chi connectivity index (χ2n) is 3.56. The number of nitrogens with zero attached hydrogens (tertiary/aromatic N) is 4. The van der Waals surface area contributed by atoms with Crippen LogP contribution in [0.2, 0.25) is 0 Å². The van der Waals surface area contributed by atoms with Crippen LogP contribution in [0.3, 0.4) is 0 Å². The van der Waals surface area contributed by atoms with Gasteiger partial charge in [0.1, 0.15) is 24.8 Å². The smallest absolute Gasteiger partial charge is 0.252 e. The molecule has 1 heterocycles. The van der Waals surface area contributed by atoms with Gasteiger partial charge < -0.3 is 4.74 Å². The van der Waals surface area contributed by atoms with Crippen molar-refractivity contribution in [3.05, 3.63) is 42.0 Å². The van der Waals surface area contributed by atoms with Crippen LogP contribution in [0.1, 0.15) is 11.4 Å². The molecule has 0 saturated carbocycles. The number of rotatable bonds is 4. The Labute approximate surface area is 99.3 Å². The second kappa shape index (κ2) is 5.12. The Bertz CT molecular complexity index is 541. The Morgan fingerprint density at radius 2 is 2.24 bits per heavy atom. The lowest BCUT2D eigenvalue weighted by molar-refractivity contribution is 0.289. The number of hydrogen-bond donors (Lipinski definition) is 0. The summed E-state index contributed by atoms with van der Waals surface area (Å²) in [6, 6.07) is 9.71. The first-order valence-corrected chi connectivity index (χ1v) is 5.27. The van der Waals surface area contributed by atoms with Gasteiger partial charge in [-0.2, -0.15) is 5.26 Å². The highest BCUT2D eigenvalue weighted by molar-refractivity contribution is 5.31. The SMILES string of the molecule is Cc1ccccc1OCCn1cnc(C#N)n1. The van der Waals surface area contributed by atoms with Gasteiger partial charge in [0.15, 0.2) is 0 Å². The zero-order chi connectivity index (χ0) is 12.1. The highest BCUT2D eigenvalue weighted by Gasteiger charge is 2.00. The summed E-state index contributed by atoms with van der Waals surface area (Å²) in [6.45, 7) is 3.07. The molecule has 0 radical (unpaired) electrons. The van der Waals surface area contributed by atoms with Crippen molar-refractivity contribution in [1.29, 1.82) is 5.26 Å². The Morgan fingerprint density at radius 3 is 2.94 bits per heavy atom. The van der Waals surface area contributed by atoms with E-state index in [-0.39, 0.29) is 5.82 Å². The molecular formula is C12H12N4O. The Morgan fingerprint density at radius 1 is 1.41 bits per heavy atom. The van der Waals surface area contributed by atoms with Crippen molar-refractivity contribution in [2.24, 2.45) is 0 Å². The van der Waals surface area contributed by atoms with E-state index in [1.807, 2.05) is 37.3 Å². The zero-order valence-electron chi connectivity index (χ0n) is 9.50. The van der Waals surface area contributed by atoms with E-state index in [1.54, 1.807) is 4.68 Å². The third-order valence-corrected chi connectivity index (χ3v) is 2.31. The maximum atomic E-state index is 8.57. The lowest BCUT2D eigenvalue weighted by Crippen LogP contribution is -2.09. The number of aromatic nitrogens is 3. The molecule has 1 aromatic carbocycles. The fourth-order valence-electron chi connectivity index (χ4n) is 1.42. The summed E-state index contributed by atoms with van der Waals surface area (Å²) in [4.78, 5) is 3.81. The standard InChI is InChI=1S/C12H12N4O/c1-10-4-2-3-5-11(10)17-7-6-16-9-14-12(8-13)15-16/h2-5,9H,6-7H2,1H3. The molecule has 0 aliphatic heterocycles. The minimum atomic E-state index is 0.181. The lowest BCUT2D eigenvalue weighted by Gasteiger charge is -2.08. The molecule has 5 heteroatoms. The molecule has 0 fully saturated rings. The van der Waals surface area contributed by atoms with E-state index in [0.717, 1.165) is 11.3 Å². The molecule has 1 aromatic heterocycles. The number of hydrogen-bond acceptors (Lipinski definition) is 4. The van der Waals surface area contributed by atoms with Crippen LogP contribution >= 0.6 is 0 Å². The number of para-hydroxylation sites is 1. The fraction of sp³-hybridized carbons (Fsp3) is 0.250. The van der Waals surface area contributed by atoms with E-state index in [1.165, 1.54) is 6.33 Å². The van der Waals surface area contributed by atoms with Crippen LogP contribution < -0.4 is 4.74 Å². The van der Waals surface area contributed by atoms with E-state index in [9.17, 15) is 0 Å². The zero-order valence-corrected chi connectivity index (χ0v) is 9.50. The van der Waals surface area contributed by atoms with Crippen LogP contribution in [0.25, 0.3) is 0 Å². The van der Waals surface area contributed by atoms with Gasteiger partial charge >= 0.3 is 0 Å². The van der Waals surface area contributed by atoms with Gasteiger partial charge in [-0.05, 0) is 18.6 Å². The van der Waals surface area contributed by atoms with Crippen LogP contribution in [0.5, 0.6) is 5.75 Å². The largest absolute Gasteiger partial charge is 0.491 e. The molecular weight excluding hydrogens is 216 g/mol. The third kappa shape index (κ3) is 2.82. The van der Waals surface area contributed by atoms with Crippen LogP contribution in [0.4, 0.5) is 0 Å². The summed E-state index contributed by atoms with van der Waals surface area (Å²) in [6.07, 6.45) is 1.53. The van der Waals surface area contributed by atoms with Gasteiger partial charge in [0, 0.05) is 0 Å². The average Bonchev–Trinajstić information content (AvgIpc) is 2.80. The third-order valence-electron chi connectivity index (χ3n) is 2.31. The number of ether oxygens (including phenoxy) is 1. The van der Waals surface area contributed by atoms with Gasteiger partial charge in [-0.1, -0.05) is 18.2 Å². The number of aryl methyl sites for hydroxylation is 1. The summed E-state index contributed by atoms with van der Waals surface area (Å²) < 4.78 is 7.21. The molecule has 0 saturated heterocycles. The molecule has 2 rings (SSSR count). The monoisotopic (exact) mass is 228 g/mol. The van der Waals surface area contributed by atoms with Crippen molar-refractivity contribution < 1.29 is 4.74 Å². The molecule has 0 bridgehead atoms. The van der Waals surface area contributed by atoms with Gasteiger partial charge in [0.2, 0.25) is 0 Å². The number of benzene rings is 1. The van der Waals surface area contributed by atoms with Crippen LogP contribution in [-0.4, -0.2) is 21.4 Å². The van der Waals surface area contributed by atoms with Gasteiger partial charge in [0.05, 0.1) is 6.54 Å². The maximum absolute atomic E-state index is 8.57. The van der Waals surface area contributed by atoms with Gasteiger partial charge in [-0.3, -0.25) is 0 Å². The summed E-state index contributed by atoms with van der Waals surface area (Å²) in [5.41, 5.74) is 1.10. The fourth-order valence-corrected chi connectivity index (χ4v) is 1.42. The van der Waals surface area contributed by atoms with Crippen molar-refractivity contribution in [3.63, 3.8) is 0 Å². The Hall–Kier alpha value is -2.35. The minimum absolute atomic E-state index is 0.181. The minimum Gasteiger partial charge on any atom is -0.491 e. The highest BCUT2D eigenvalue weighted by atomic mass is 16.5. The van der Waals surface area contributed by atoms with Crippen LogP contribution in [0, 0.1) is 18.3 Å². The predicted octanol–water partition coefficient (Wildman–Crippen LogP) is 1.54. The van der Waals surface area contributed by atoms with E-state index in [2.05, 4.69) is 10.1 Å². The topological polar surface area (TPSA) is 63.7 Å². The van der Waals surface area contributed by atoms with Crippen LogP contribution in [-0.2, 0) is 6.54 Å². The molecule has 0 spiro atoms. The summed E-state index contributed by atoms with van der Waals surface area (Å²) in [7, 11) is 0. The van der Waals surface area contributed by atoms with Crippen molar-refractivity contribution in [3.8, 4) is 11.8 Å². The van der Waals surface area contributed by atoms with E-state index in [0.29, 0.717) is 13.2 Å². The van der Waals surface area contributed by atoms with Crippen molar-refractivity contribution >= 4 is 0 Å². The van der Waals surface area contributed by atoms with Crippen molar-refractivity contribution in [2.75, 3.05) is 6.61 Å². The summed E-state index contributed by atoms with van der Waals surface area (Å²) >= 11 is 0. The summed E-state index contributed by atoms with van der Waals surface area (Å²) in [5.74, 6) is 1.05. The van der Waals surface area contributed by atoms with Gasteiger partial charge in [-0.15, -0.1) is 5.10 Å². The molecule has 0 aliphatic carbocycles. The lowest BCUT2D eigenvalue weighted by atomic mass is 10.2. The van der Waals surface area contributed by atoms with E-state index < -0.39 is 0 Å². The molecule has 0 atom stereocenters. The summed E-state index contributed by atoms with van der Waals surface area (Å²) in [5, 5.41) is 12.5. The molecule has 0 N–H and O–H groups in total. The predicted molar refractivity (Wildman–Crippen MR) is 61.4 cm³/mol. The van der Waals surface area contributed by atoms with Gasteiger partial charge in [0.25, 0.3) is 5.82 Å². The Balaban J connectivity index is 1.88. The Kier molecular flexibility index (Phi) is 3.36. The normalized spacial score (nSPS) is 9.88. The molecule has 86 valence electrons. The van der Waals surface area contributed by atoms with Gasteiger partial charge in [-0.25, -0.2) is 9.67 Å². The number of nitriles is 1. The second-order valence-corrected chi connectivity index (χ2v) is 3.56. The first-order valence-electron chi connectivity index (χ1n) is 5.27. The molecule has 0 unspecified atom stereocenters. The van der Waals surface area contributed by atoms with Crippen LogP contribution in [0.15, 0.2) is 30.6 Å². The first-order chi connectivity index (χ1) is 8.29. The maximum Gasteiger partial charge on any atom is 0.252 e. The van der Waals surface area contributed by atoms with E-state index >= 15 is 0 Å². The quantitative estimate of drug-likeness (QED) is 0.796. The molecule has 0 amide bonds. The molecule has 17 heavy (non-hydrogen) atoms. The first kappa shape index (κ1) is 11.1. The van der Waals surface area contributed by atoms with E-state index in [4.69, 9.17) is 10.00 Å². The molecule has 5 nitrogen and oxygen atoms in total. The highest BCUT2D eigenvalue weighted by Crippen LogP contribution is 2.15.